The first-order valence-corrected chi connectivity index (χ1v) is 28.8. The van der Waals surface area contributed by atoms with Crippen molar-refractivity contribution in [2.75, 3.05) is 40.9 Å². The van der Waals surface area contributed by atoms with E-state index >= 15 is 0 Å². The van der Waals surface area contributed by atoms with Crippen molar-refractivity contribution < 1.29 is 32.9 Å². The van der Waals surface area contributed by atoms with Crippen LogP contribution < -0.4 is 10.2 Å². The SMILES string of the molecule is CCCCC/C=C\C=C/CCCCCCCCCCCCC(=O)NC(COP(=O)([O-])OCC[N+](C)(C)C)C(O)/C=C/CCCCCCCCCCCCCCCCCCCCCCC. The fourth-order valence-corrected chi connectivity index (χ4v) is 8.75. The van der Waals surface area contributed by atoms with Gasteiger partial charge in [-0.15, -0.1) is 0 Å². The number of unbranched alkanes of at least 4 members (excludes halogenated alkanes) is 34. The highest BCUT2D eigenvalue weighted by atomic mass is 31.2. The number of likely N-dealkylation sites (N-methyl/N-ethyl adjacent to an activating group) is 1. The van der Waals surface area contributed by atoms with Gasteiger partial charge in [0.15, 0.2) is 0 Å². The molecular weight excluding hydrogens is 816 g/mol. The van der Waals surface area contributed by atoms with Gasteiger partial charge >= 0.3 is 0 Å². The van der Waals surface area contributed by atoms with Crippen LogP contribution in [-0.2, 0) is 18.4 Å². The molecule has 0 saturated heterocycles. The Morgan fingerprint density at radius 1 is 0.547 bits per heavy atom. The van der Waals surface area contributed by atoms with Gasteiger partial charge in [-0.05, 0) is 44.9 Å². The summed E-state index contributed by atoms with van der Waals surface area (Å²) in [6, 6.07) is -0.888. The van der Waals surface area contributed by atoms with Crippen molar-refractivity contribution in [3.63, 3.8) is 0 Å². The number of carbonyl (C=O) groups excluding carboxylic acids is 1. The second kappa shape index (κ2) is 46.8. The fraction of sp³-hybridized carbons (Fsp3) is 0.873. The molecule has 3 unspecified atom stereocenters. The number of phosphoric acid groups is 1. The molecule has 378 valence electrons. The highest BCUT2D eigenvalue weighted by molar-refractivity contribution is 7.45. The quantitative estimate of drug-likeness (QED) is 0.0207. The van der Waals surface area contributed by atoms with Gasteiger partial charge in [0.1, 0.15) is 13.2 Å². The zero-order valence-electron chi connectivity index (χ0n) is 43.0. The van der Waals surface area contributed by atoms with Crippen LogP contribution in [0.4, 0.5) is 0 Å². The lowest BCUT2D eigenvalue weighted by molar-refractivity contribution is -0.870. The van der Waals surface area contributed by atoms with Crippen molar-refractivity contribution in [2.24, 2.45) is 0 Å². The first-order chi connectivity index (χ1) is 31.0. The summed E-state index contributed by atoms with van der Waals surface area (Å²) in [5, 5.41) is 13.9. The van der Waals surface area contributed by atoms with Gasteiger partial charge in [-0.2, -0.15) is 0 Å². The molecule has 1 amide bonds. The molecule has 3 atom stereocenters. The second-order valence-corrected chi connectivity index (χ2v) is 21.4. The Hall–Kier alpha value is -1.28. The van der Waals surface area contributed by atoms with E-state index in [9.17, 15) is 19.4 Å². The highest BCUT2D eigenvalue weighted by Crippen LogP contribution is 2.38. The standard InChI is InChI=1S/C55H107N2O6P/c1-6-8-10-12-14-16-18-20-22-24-26-27-28-29-31-32-34-36-38-40-42-44-46-48-54(58)53(52-63-64(60,61)62-51-50-57(3,4)5)56-55(59)49-47-45-43-41-39-37-35-33-30-25-23-21-19-17-15-13-11-9-7-2/h15,17,19,21,46,48,53-54,58H,6-14,16,18,20,22-45,47,49-52H2,1-5H3,(H-,56,59,60,61)/b17-15-,21-19-,48-46+. The maximum atomic E-state index is 12.9. The van der Waals surface area contributed by atoms with E-state index in [0.29, 0.717) is 17.4 Å². The van der Waals surface area contributed by atoms with Crippen molar-refractivity contribution in [3.05, 3.63) is 36.5 Å². The minimum Gasteiger partial charge on any atom is -0.756 e. The molecule has 0 rings (SSSR count). The summed E-state index contributed by atoms with van der Waals surface area (Å²) in [6.45, 7) is 4.65. The molecular formula is C55H107N2O6P. The fourth-order valence-electron chi connectivity index (χ4n) is 8.03. The normalized spacial score (nSPS) is 14.3. The smallest absolute Gasteiger partial charge is 0.268 e. The number of amides is 1. The Balaban J connectivity index is 4.25. The number of phosphoric ester groups is 1. The molecule has 0 aromatic heterocycles. The topological polar surface area (TPSA) is 108 Å². The molecule has 0 aliphatic heterocycles. The molecule has 0 fully saturated rings. The van der Waals surface area contributed by atoms with Crippen molar-refractivity contribution in [2.45, 2.75) is 270 Å². The number of hydrogen-bond acceptors (Lipinski definition) is 6. The van der Waals surface area contributed by atoms with Crippen LogP contribution in [0, 0.1) is 0 Å². The van der Waals surface area contributed by atoms with Crippen molar-refractivity contribution >= 4 is 13.7 Å². The van der Waals surface area contributed by atoms with Crippen LogP contribution in [0.15, 0.2) is 36.5 Å². The molecule has 64 heavy (non-hydrogen) atoms. The molecule has 0 aromatic carbocycles. The van der Waals surface area contributed by atoms with Gasteiger partial charge in [0.05, 0.1) is 39.9 Å². The number of hydrogen-bond donors (Lipinski definition) is 2. The molecule has 0 spiro atoms. The van der Waals surface area contributed by atoms with Crippen molar-refractivity contribution in [1.29, 1.82) is 0 Å². The van der Waals surface area contributed by atoms with E-state index in [4.69, 9.17) is 9.05 Å². The number of rotatable bonds is 50. The molecule has 0 bridgehead atoms. The summed E-state index contributed by atoms with van der Waals surface area (Å²) in [4.78, 5) is 25.5. The third-order valence-corrected chi connectivity index (χ3v) is 13.3. The minimum atomic E-state index is -4.60. The van der Waals surface area contributed by atoms with E-state index in [0.717, 1.165) is 38.5 Å². The monoisotopic (exact) mass is 923 g/mol. The Bertz CT molecular complexity index is 1140. The molecule has 0 aromatic rings. The number of carbonyl (C=O) groups is 1. The van der Waals surface area contributed by atoms with Gasteiger partial charge in [0.2, 0.25) is 5.91 Å². The van der Waals surface area contributed by atoms with Crippen LogP contribution >= 0.6 is 7.82 Å². The number of allylic oxidation sites excluding steroid dienone is 5. The number of aliphatic hydroxyl groups is 1. The van der Waals surface area contributed by atoms with E-state index < -0.39 is 20.0 Å². The summed E-state index contributed by atoms with van der Waals surface area (Å²) in [7, 11) is 1.26. The van der Waals surface area contributed by atoms with E-state index in [-0.39, 0.29) is 19.1 Å². The van der Waals surface area contributed by atoms with Crippen molar-refractivity contribution in [3.8, 4) is 0 Å². The van der Waals surface area contributed by atoms with Gasteiger partial charge in [0, 0.05) is 6.42 Å². The zero-order valence-corrected chi connectivity index (χ0v) is 43.9. The molecule has 0 saturated carbocycles. The summed E-state index contributed by atoms with van der Waals surface area (Å²) in [6.07, 6.45) is 59.2. The van der Waals surface area contributed by atoms with E-state index in [1.807, 2.05) is 27.2 Å². The van der Waals surface area contributed by atoms with Crippen LogP contribution in [0.5, 0.6) is 0 Å². The number of aliphatic hydroxyl groups excluding tert-OH is 1. The van der Waals surface area contributed by atoms with Gasteiger partial charge < -0.3 is 28.8 Å². The predicted molar refractivity (Wildman–Crippen MR) is 275 cm³/mol. The van der Waals surface area contributed by atoms with Gasteiger partial charge in [-0.25, -0.2) is 0 Å². The van der Waals surface area contributed by atoms with Gasteiger partial charge in [-0.1, -0.05) is 243 Å². The predicted octanol–water partition coefficient (Wildman–Crippen LogP) is 15.6. The lowest BCUT2D eigenvalue weighted by Crippen LogP contribution is -2.45. The van der Waals surface area contributed by atoms with Gasteiger partial charge in [0.25, 0.3) is 7.82 Å². The lowest BCUT2D eigenvalue weighted by Gasteiger charge is -2.29. The molecule has 0 radical (unpaired) electrons. The summed E-state index contributed by atoms with van der Waals surface area (Å²) in [5.74, 6) is -0.199. The largest absolute Gasteiger partial charge is 0.756 e. The Kier molecular flexibility index (Phi) is 45.9. The molecule has 0 aliphatic carbocycles. The maximum Gasteiger partial charge on any atom is 0.268 e. The average molecular weight is 923 g/mol. The average Bonchev–Trinajstić information content (AvgIpc) is 3.25. The third kappa shape index (κ3) is 48.6. The Labute approximate surface area is 397 Å². The molecule has 9 heteroatoms. The summed E-state index contributed by atoms with van der Waals surface area (Å²) >= 11 is 0. The Morgan fingerprint density at radius 2 is 0.891 bits per heavy atom. The van der Waals surface area contributed by atoms with E-state index in [2.05, 4.69) is 43.5 Å². The molecule has 0 heterocycles. The zero-order chi connectivity index (χ0) is 47.1. The molecule has 0 aliphatic rings. The molecule has 2 N–H and O–H groups in total. The highest BCUT2D eigenvalue weighted by Gasteiger charge is 2.23. The number of nitrogens with one attached hydrogen (secondary N) is 1. The first kappa shape index (κ1) is 62.7. The van der Waals surface area contributed by atoms with E-state index in [1.165, 1.54) is 199 Å². The van der Waals surface area contributed by atoms with Crippen molar-refractivity contribution in [1.82, 2.24) is 5.32 Å². The van der Waals surface area contributed by atoms with Crippen LogP contribution in [0.25, 0.3) is 0 Å². The van der Waals surface area contributed by atoms with Crippen LogP contribution in [0.1, 0.15) is 258 Å². The maximum absolute atomic E-state index is 12.9. The summed E-state index contributed by atoms with van der Waals surface area (Å²) in [5.41, 5.74) is 0. The molecule has 8 nitrogen and oxygen atoms in total. The van der Waals surface area contributed by atoms with Crippen LogP contribution in [0.2, 0.25) is 0 Å². The third-order valence-electron chi connectivity index (χ3n) is 12.4. The number of quaternary nitrogens is 1. The number of nitrogens with zero attached hydrogens (tertiary/aromatic N) is 1. The van der Waals surface area contributed by atoms with Crippen LogP contribution in [0.3, 0.4) is 0 Å². The van der Waals surface area contributed by atoms with E-state index in [1.54, 1.807) is 6.08 Å². The lowest BCUT2D eigenvalue weighted by atomic mass is 10.0. The first-order valence-electron chi connectivity index (χ1n) is 27.4. The van der Waals surface area contributed by atoms with Gasteiger partial charge in [-0.3, -0.25) is 9.36 Å². The van der Waals surface area contributed by atoms with Crippen LogP contribution in [-0.4, -0.2) is 68.5 Å². The summed E-state index contributed by atoms with van der Waals surface area (Å²) < 4.78 is 23.3. The minimum absolute atomic E-state index is 0.00133. The second-order valence-electron chi connectivity index (χ2n) is 20.0. The Morgan fingerprint density at radius 3 is 1.30 bits per heavy atom.